The number of fused-ring (bicyclic) bond motifs is 1. The number of thiazole rings is 1. The Morgan fingerprint density at radius 1 is 1.29 bits per heavy atom. The lowest BCUT2D eigenvalue weighted by Gasteiger charge is -1.96. The Kier molecular flexibility index (Phi) is 3.35. The first kappa shape index (κ1) is 14.5. The first-order valence-electron chi connectivity index (χ1n) is 7.23. The number of nitrogens with one attached hydrogen (secondary N) is 1. The van der Waals surface area contributed by atoms with Crippen molar-refractivity contribution in [3.8, 4) is 21.1 Å². The number of benzene rings is 1. The van der Waals surface area contributed by atoms with E-state index < -0.39 is 5.97 Å². The molecule has 3 heterocycles. The predicted molar refractivity (Wildman–Crippen MR) is 92.1 cm³/mol. The molecular formula is C17H12N4O2S. The molecule has 7 heteroatoms. The number of hydrogen-bond donors (Lipinski definition) is 2. The number of aromatic nitrogens is 4. The highest BCUT2D eigenvalue weighted by Crippen LogP contribution is 2.37. The van der Waals surface area contributed by atoms with Crippen molar-refractivity contribution < 1.29 is 9.90 Å². The summed E-state index contributed by atoms with van der Waals surface area (Å²) in [6, 6.07) is 9.56. The largest absolute Gasteiger partial charge is 0.476 e. The molecule has 0 saturated carbocycles. The molecule has 0 saturated heterocycles. The summed E-state index contributed by atoms with van der Waals surface area (Å²) in [6.07, 6.45) is 3.28. The Morgan fingerprint density at radius 2 is 2.17 bits per heavy atom. The smallest absolute Gasteiger partial charge is 0.356 e. The molecule has 0 fully saturated rings. The fraction of sp³-hybridized carbons (Fsp3) is 0.0588. The van der Waals surface area contributed by atoms with Gasteiger partial charge in [0, 0.05) is 23.3 Å². The fourth-order valence-electron chi connectivity index (χ4n) is 2.56. The molecule has 24 heavy (non-hydrogen) atoms. The zero-order valence-electron chi connectivity index (χ0n) is 12.6. The zero-order valence-corrected chi connectivity index (χ0v) is 13.5. The van der Waals surface area contributed by atoms with Crippen molar-refractivity contribution in [1.29, 1.82) is 0 Å². The van der Waals surface area contributed by atoms with Gasteiger partial charge in [0.15, 0.2) is 5.69 Å². The molecule has 0 bridgehead atoms. The van der Waals surface area contributed by atoms with Gasteiger partial charge < -0.3 is 5.11 Å². The van der Waals surface area contributed by atoms with Crippen molar-refractivity contribution in [2.24, 2.45) is 0 Å². The number of pyridine rings is 1. The first-order valence-corrected chi connectivity index (χ1v) is 8.05. The van der Waals surface area contributed by atoms with E-state index in [1.54, 1.807) is 18.5 Å². The summed E-state index contributed by atoms with van der Waals surface area (Å²) in [5.74, 6) is -1.06. The van der Waals surface area contributed by atoms with Crippen LogP contribution in [0.4, 0.5) is 0 Å². The highest BCUT2D eigenvalue weighted by Gasteiger charge is 2.22. The van der Waals surface area contributed by atoms with Gasteiger partial charge in [-0.05, 0) is 24.6 Å². The third-order valence-electron chi connectivity index (χ3n) is 3.67. The summed E-state index contributed by atoms with van der Waals surface area (Å²) in [5, 5.41) is 18.3. The molecule has 2 N–H and O–H groups in total. The van der Waals surface area contributed by atoms with Crippen LogP contribution in [-0.4, -0.2) is 31.2 Å². The molecule has 0 radical (unpaired) electrons. The van der Waals surface area contributed by atoms with Crippen LogP contribution < -0.4 is 0 Å². The van der Waals surface area contributed by atoms with Crippen LogP contribution in [0.5, 0.6) is 0 Å². The van der Waals surface area contributed by atoms with Gasteiger partial charge in [-0.1, -0.05) is 18.2 Å². The molecule has 0 amide bonds. The van der Waals surface area contributed by atoms with Gasteiger partial charge in [-0.2, -0.15) is 5.10 Å². The van der Waals surface area contributed by atoms with Gasteiger partial charge in [0.1, 0.15) is 10.7 Å². The van der Waals surface area contributed by atoms with Crippen LogP contribution in [0.15, 0.2) is 42.7 Å². The molecule has 0 aliphatic carbocycles. The Labute approximate surface area is 140 Å². The van der Waals surface area contributed by atoms with Crippen molar-refractivity contribution in [1.82, 2.24) is 20.2 Å². The summed E-state index contributed by atoms with van der Waals surface area (Å²) >= 11 is 1.30. The maximum absolute atomic E-state index is 11.6. The number of carbonyl (C=O) groups is 1. The molecule has 0 aliphatic rings. The van der Waals surface area contributed by atoms with E-state index in [1.807, 2.05) is 31.2 Å². The Balaban J connectivity index is 1.91. The number of carboxylic acids is 1. The number of aromatic carboxylic acids is 1. The van der Waals surface area contributed by atoms with Gasteiger partial charge in [0.25, 0.3) is 0 Å². The zero-order chi connectivity index (χ0) is 16.7. The summed E-state index contributed by atoms with van der Waals surface area (Å²) < 4.78 is 0. The monoisotopic (exact) mass is 336 g/mol. The van der Waals surface area contributed by atoms with Gasteiger partial charge >= 0.3 is 5.97 Å². The van der Waals surface area contributed by atoms with E-state index in [0.29, 0.717) is 15.6 Å². The molecule has 0 atom stereocenters. The normalized spacial score (nSPS) is 11.0. The standard InChI is InChI=1S/C17H12N4O2S/c1-9-4-5-11-12(7-9)20-21-13(11)16-19-14(17(22)23)15(24-16)10-3-2-6-18-8-10/h2-8H,1H3,(H,20,21)(H,22,23). The topological polar surface area (TPSA) is 91.8 Å². The summed E-state index contributed by atoms with van der Waals surface area (Å²) in [5.41, 5.74) is 3.44. The molecule has 0 aliphatic heterocycles. The van der Waals surface area contributed by atoms with E-state index in [2.05, 4.69) is 20.2 Å². The summed E-state index contributed by atoms with van der Waals surface area (Å²) in [6.45, 7) is 2.01. The van der Waals surface area contributed by atoms with Crippen LogP contribution in [0, 0.1) is 6.92 Å². The molecule has 6 nitrogen and oxygen atoms in total. The average Bonchev–Trinajstić information content (AvgIpc) is 3.19. The quantitative estimate of drug-likeness (QED) is 0.594. The van der Waals surface area contributed by atoms with Crippen LogP contribution in [0.25, 0.3) is 32.0 Å². The lowest BCUT2D eigenvalue weighted by Crippen LogP contribution is -1.98. The SMILES string of the molecule is Cc1ccc2c(-c3nc(C(=O)O)c(-c4cccnc4)s3)n[nH]c2c1. The Hall–Kier alpha value is -3.06. The minimum absolute atomic E-state index is 0.0197. The minimum atomic E-state index is -1.06. The predicted octanol–water partition coefficient (Wildman–Crippen LogP) is 3.76. The Morgan fingerprint density at radius 3 is 2.92 bits per heavy atom. The minimum Gasteiger partial charge on any atom is -0.476 e. The number of hydrogen-bond acceptors (Lipinski definition) is 5. The second-order valence-electron chi connectivity index (χ2n) is 5.36. The Bertz CT molecular complexity index is 1050. The first-order chi connectivity index (χ1) is 11.6. The lowest BCUT2D eigenvalue weighted by molar-refractivity contribution is 0.0692. The molecule has 1 aromatic carbocycles. The molecular weight excluding hydrogens is 324 g/mol. The second kappa shape index (κ2) is 5.54. The van der Waals surface area contributed by atoms with Crippen LogP contribution in [0.1, 0.15) is 16.1 Å². The number of rotatable bonds is 3. The van der Waals surface area contributed by atoms with Crippen LogP contribution in [0.3, 0.4) is 0 Å². The number of nitrogens with zero attached hydrogens (tertiary/aromatic N) is 3. The fourth-order valence-corrected chi connectivity index (χ4v) is 3.61. The highest BCUT2D eigenvalue weighted by atomic mass is 32.1. The van der Waals surface area contributed by atoms with Crippen molar-refractivity contribution in [3.63, 3.8) is 0 Å². The summed E-state index contributed by atoms with van der Waals surface area (Å²) in [7, 11) is 0. The molecule has 4 rings (SSSR count). The highest BCUT2D eigenvalue weighted by molar-refractivity contribution is 7.18. The average molecular weight is 336 g/mol. The van der Waals surface area contributed by atoms with E-state index in [1.165, 1.54) is 11.3 Å². The number of carboxylic acid groups (broad SMARTS) is 1. The maximum Gasteiger partial charge on any atom is 0.356 e. The molecule has 3 aromatic heterocycles. The lowest BCUT2D eigenvalue weighted by atomic mass is 10.1. The molecule has 0 unspecified atom stereocenters. The van der Waals surface area contributed by atoms with E-state index in [4.69, 9.17) is 0 Å². The summed E-state index contributed by atoms with van der Waals surface area (Å²) in [4.78, 5) is 20.5. The van der Waals surface area contributed by atoms with Crippen LogP contribution >= 0.6 is 11.3 Å². The van der Waals surface area contributed by atoms with E-state index in [-0.39, 0.29) is 5.69 Å². The van der Waals surface area contributed by atoms with Crippen molar-refractivity contribution in [2.45, 2.75) is 6.92 Å². The van der Waals surface area contributed by atoms with E-state index >= 15 is 0 Å². The van der Waals surface area contributed by atoms with Gasteiger partial charge in [-0.3, -0.25) is 10.1 Å². The molecule has 0 spiro atoms. The third kappa shape index (κ3) is 2.35. The van der Waals surface area contributed by atoms with E-state index in [0.717, 1.165) is 22.0 Å². The van der Waals surface area contributed by atoms with Crippen molar-refractivity contribution in [2.75, 3.05) is 0 Å². The van der Waals surface area contributed by atoms with Gasteiger partial charge in [0.2, 0.25) is 0 Å². The second-order valence-corrected chi connectivity index (χ2v) is 6.36. The molecule has 4 aromatic rings. The maximum atomic E-state index is 11.6. The van der Waals surface area contributed by atoms with Gasteiger partial charge in [-0.15, -0.1) is 11.3 Å². The van der Waals surface area contributed by atoms with Gasteiger partial charge in [0.05, 0.1) is 10.4 Å². The molecule has 118 valence electrons. The number of aryl methyl sites for hydroxylation is 1. The van der Waals surface area contributed by atoms with Crippen molar-refractivity contribution >= 4 is 28.2 Å². The van der Waals surface area contributed by atoms with Crippen LogP contribution in [0.2, 0.25) is 0 Å². The van der Waals surface area contributed by atoms with Crippen molar-refractivity contribution in [3.05, 3.63) is 54.0 Å². The number of aromatic amines is 1. The van der Waals surface area contributed by atoms with Crippen LogP contribution in [-0.2, 0) is 0 Å². The third-order valence-corrected chi connectivity index (χ3v) is 4.79. The number of H-pyrrole nitrogens is 1. The van der Waals surface area contributed by atoms with Gasteiger partial charge in [-0.25, -0.2) is 9.78 Å². The van der Waals surface area contributed by atoms with E-state index in [9.17, 15) is 9.90 Å².